The molecule has 2 aromatic heterocycles. The van der Waals surface area contributed by atoms with Gasteiger partial charge in [0.15, 0.2) is 0 Å². The second kappa shape index (κ2) is 10.5. The molecule has 0 spiro atoms. The van der Waals surface area contributed by atoms with Gasteiger partial charge in [-0.25, -0.2) is 0 Å². The van der Waals surface area contributed by atoms with E-state index in [0.29, 0.717) is 30.0 Å². The minimum atomic E-state index is -0.173. The minimum Gasteiger partial charge on any atom is -0.415 e. The van der Waals surface area contributed by atoms with Crippen LogP contribution in [0.15, 0.2) is 27.2 Å². The molecule has 0 bridgehead atoms. The third kappa shape index (κ3) is 6.71. The summed E-state index contributed by atoms with van der Waals surface area (Å²) in [5, 5.41) is 12.9. The first-order valence-corrected chi connectivity index (χ1v) is 10.9. The van der Waals surface area contributed by atoms with Crippen LogP contribution in [0, 0.1) is 0 Å². The van der Waals surface area contributed by atoms with Crippen LogP contribution in [0.5, 0.6) is 0 Å². The molecule has 0 aliphatic rings. The summed E-state index contributed by atoms with van der Waals surface area (Å²) in [5.41, 5.74) is 0. The van der Waals surface area contributed by atoms with Crippen LogP contribution in [-0.4, -0.2) is 52.0 Å². The van der Waals surface area contributed by atoms with E-state index in [1.807, 2.05) is 30.7 Å². The molecule has 10 heteroatoms. The van der Waals surface area contributed by atoms with Crippen molar-refractivity contribution in [1.82, 2.24) is 20.4 Å². The van der Waals surface area contributed by atoms with Gasteiger partial charge in [0.2, 0.25) is 17.7 Å². The predicted octanol–water partition coefficient (Wildman–Crippen LogP) is 2.25. The van der Waals surface area contributed by atoms with Gasteiger partial charge in [-0.05, 0) is 24.6 Å². The Balaban J connectivity index is 1.75. The van der Waals surface area contributed by atoms with E-state index < -0.39 is 0 Å². The Bertz CT molecular complexity index is 675. The number of carbonyl (C=O) groups is 2. The van der Waals surface area contributed by atoms with E-state index in [2.05, 4.69) is 15.5 Å². The standard InChI is InChI=1S/C15H20N4O3S3/c1-3-19(8-12(20)16-7-11-5-4-6-24-11)14(21)10-25-15-18-17-13(22-15)9-23-2/h4-6H,3,7-10H2,1-2H3,(H,16,20). The van der Waals surface area contributed by atoms with E-state index in [-0.39, 0.29) is 24.1 Å². The lowest BCUT2D eigenvalue weighted by atomic mass is 10.4. The number of nitrogens with zero attached hydrogens (tertiary/aromatic N) is 3. The summed E-state index contributed by atoms with van der Waals surface area (Å²) in [6, 6.07) is 3.90. The summed E-state index contributed by atoms with van der Waals surface area (Å²) in [6.07, 6.45) is 1.95. The zero-order valence-electron chi connectivity index (χ0n) is 14.1. The van der Waals surface area contributed by atoms with Crippen molar-refractivity contribution in [1.29, 1.82) is 0 Å². The summed E-state index contributed by atoms with van der Waals surface area (Å²) in [5.74, 6) is 1.04. The smallest absolute Gasteiger partial charge is 0.277 e. The highest BCUT2D eigenvalue weighted by Crippen LogP contribution is 2.18. The first kappa shape index (κ1) is 19.8. The largest absolute Gasteiger partial charge is 0.415 e. The van der Waals surface area contributed by atoms with E-state index in [0.717, 1.165) is 4.88 Å². The molecule has 0 aliphatic heterocycles. The number of carbonyl (C=O) groups excluding carboxylic acids is 2. The summed E-state index contributed by atoms with van der Waals surface area (Å²) in [4.78, 5) is 26.9. The molecule has 2 heterocycles. The quantitative estimate of drug-likeness (QED) is 0.612. The van der Waals surface area contributed by atoms with Gasteiger partial charge in [0, 0.05) is 11.4 Å². The van der Waals surface area contributed by atoms with E-state index in [9.17, 15) is 9.59 Å². The van der Waals surface area contributed by atoms with Crippen LogP contribution in [-0.2, 0) is 21.9 Å². The van der Waals surface area contributed by atoms with Gasteiger partial charge in [-0.15, -0.1) is 21.5 Å². The van der Waals surface area contributed by atoms with E-state index in [4.69, 9.17) is 4.42 Å². The minimum absolute atomic E-state index is 0.0445. The normalized spacial score (nSPS) is 10.6. The fraction of sp³-hybridized carbons (Fsp3) is 0.467. The van der Waals surface area contributed by atoms with Crippen molar-refractivity contribution in [3.63, 3.8) is 0 Å². The van der Waals surface area contributed by atoms with Gasteiger partial charge in [-0.2, -0.15) is 11.8 Å². The fourth-order valence-corrected chi connectivity index (χ4v) is 3.59. The number of hydrogen-bond acceptors (Lipinski definition) is 8. The van der Waals surface area contributed by atoms with Crippen LogP contribution in [0.25, 0.3) is 0 Å². The zero-order valence-corrected chi connectivity index (χ0v) is 16.5. The number of thioether (sulfide) groups is 2. The van der Waals surface area contributed by atoms with E-state index in [1.54, 1.807) is 23.1 Å². The van der Waals surface area contributed by atoms with Crippen LogP contribution in [0.2, 0.25) is 0 Å². The molecule has 2 rings (SSSR count). The van der Waals surface area contributed by atoms with Crippen LogP contribution in [0.4, 0.5) is 0 Å². The second-order valence-electron chi connectivity index (χ2n) is 4.95. The molecule has 7 nitrogen and oxygen atoms in total. The Labute approximate surface area is 158 Å². The maximum Gasteiger partial charge on any atom is 0.277 e. The highest BCUT2D eigenvalue weighted by molar-refractivity contribution is 7.99. The number of amides is 2. The third-order valence-corrected chi connectivity index (χ3v) is 5.36. The molecule has 0 atom stereocenters. The molecular formula is C15H20N4O3S3. The molecule has 0 saturated heterocycles. The van der Waals surface area contributed by atoms with Crippen molar-refractivity contribution >= 4 is 46.7 Å². The lowest BCUT2D eigenvalue weighted by Crippen LogP contribution is -2.41. The number of nitrogens with one attached hydrogen (secondary N) is 1. The fourth-order valence-electron chi connectivity index (χ4n) is 1.90. The SMILES string of the molecule is CCN(CC(=O)NCc1cccs1)C(=O)CSc1nnc(CSC)o1. The molecule has 0 fully saturated rings. The molecule has 0 aromatic carbocycles. The Morgan fingerprint density at radius 3 is 2.92 bits per heavy atom. The molecule has 0 radical (unpaired) electrons. The van der Waals surface area contributed by atoms with Crippen LogP contribution >= 0.6 is 34.9 Å². The topological polar surface area (TPSA) is 88.3 Å². The number of likely N-dealkylation sites (N-methyl/N-ethyl adjacent to an activating group) is 1. The summed E-state index contributed by atoms with van der Waals surface area (Å²) < 4.78 is 5.42. The summed E-state index contributed by atoms with van der Waals surface area (Å²) >= 11 is 4.36. The van der Waals surface area contributed by atoms with Gasteiger partial charge in [-0.1, -0.05) is 17.8 Å². The van der Waals surface area contributed by atoms with Crippen molar-refractivity contribution in [2.45, 2.75) is 24.4 Å². The number of aromatic nitrogens is 2. The van der Waals surface area contributed by atoms with Gasteiger partial charge < -0.3 is 14.6 Å². The Morgan fingerprint density at radius 1 is 1.40 bits per heavy atom. The van der Waals surface area contributed by atoms with Gasteiger partial charge in [0.1, 0.15) is 0 Å². The molecule has 25 heavy (non-hydrogen) atoms. The average molecular weight is 401 g/mol. The molecule has 0 saturated carbocycles. The maximum atomic E-state index is 12.3. The van der Waals surface area contributed by atoms with Crippen molar-refractivity contribution in [2.75, 3.05) is 25.1 Å². The number of rotatable bonds is 10. The molecule has 136 valence electrons. The Morgan fingerprint density at radius 2 is 2.24 bits per heavy atom. The van der Waals surface area contributed by atoms with Gasteiger partial charge >= 0.3 is 0 Å². The van der Waals surface area contributed by atoms with Gasteiger partial charge in [0.25, 0.3) is 5.22 Å². The van der Waals surface area contributed by atoms with E-state index in [1.165, 1.54) is 16.7 Å². The maximum absolute atomic E-state index is 12.3. The molecule has 2 amide bonds. The van der Waals surface area contributed by atoms with Gasteiger partial charge in [-0.3, -0.25) is 9.59 Å². The summed E-state index contributed by atoms with van der Waals surface area (Å²) in [7, 11) is 0. The van der Waals surface area contributed by atoms with Crippen molar-refractivity contribution < 1.29 is 14.0 Å². The monoisotopic (exact) mass is 400 g/mol. The lowest BCUT2D eigenvalue weighted by Gasteiger charge is -2.19. The molecule has 2 aromatic rings. The molecular weight excluding hydrogens is 380 g/mol. The zero-order chi connectivity index (χ0) is 18.1. The first-order valence-electron chi connectivity index (χ1n) is 7.63. The molecule has 0 aliphatic carbocycles. The molecule has 0 unspecified atom stereocenters. The first-order chi connectivity index (χ1) is 12.1. The van der Waals surface area contributed by atoms with Crippen LogP contribution in [0.1, 0.15) is 17.7 Å². The van der Waals surface area contributed by atoms with Crippen molar-refractivity contribution in [2.24, 2.45) is 0 Å². The molecule has 1 N–H and O–H groups in total. The van der Waals surface area contributed by atoms with Gasteiger partial charge in [0.05, 0.1) is 24.6 Å². The van der Waals surface area contributed by atoms with Crippen LogP contribution in [0.3, 0.4) is 0 Å². The number of thiophene rings is 1. The predicted molar refractivity (Wildman–Crippen MR) is 101 cm³/mol. The summed E-state index contributed by atoms with van der Waals surface area (Å²) in [6.45, 7) is 2.84. The Hall–Kier alpha value is -1.52. The second-order valence-corrected chi connectivity index (χ2v) is 7.77. The van der Waals surface area contributed by atoms with Crippen LogP contribution < -0.4 is 5.32 Å². The number of hydrogen-bond donors (Lipinski definition) is 1. The van der Waals surface area contributed by atoms with E-state index >= 15 is 0 Å². The lowest BCUT2D eigenvalue weighted by molar-refractivity contribution is -0.133. The Kier molecular flexibility index (Phi) is 8.29. The highest BCUT2D eigenvalue weighted by Gasteiger charge is 2.17. The van der Waals surface area contributed by atoms with Crippen molar-refractivity contribution in [3.05, 3.63) is 28.3 Å². The average Bonchev–Trinajstić information content (AvgIpc) is 3.28. The highest BCUT2D eigenvalue weighted by atomic mass is 32.2. The third-order valence-electron chi connectivity index (χ3n) is 3.14. The van der Waals surface area contributed by atoms with Crippen molar-refractivity contribution in [3.8, 4) is 0 Å².